The third-order valence-corrected chi connectivity index (χ3v) is 4.79. The van der Waals surface area contributed by atoms with Crippen LogP contribution in [0.1, 0.15) is 25.5 Å². The smallest absolute Gasteiger partial charge is 0.296 e. The molecule has 0 saturated heterocycles. The van der Waals surface area contributed by atoms with Gasteiger partial charge in [-0.1, -0.05) is 38.1 Å². The molecule has 2 aromatic carbocycles. The number of carbonyl (C=O) groups is 2. The van der Waals surface area contributed by atoms with Crippen LogP contribution in [0.25, 0.3) is 11.0 Å². The van der Waals surface area contributed by atoms with Gasteiger partial charge in [-0.05, 0) is 29.8 Å². The van der Waals surface area contributed by atoms with Crippen molar-refractivity contribution in [2.45, 2.75) is 19.9 Å². The van der Waals surface area contributed by atoms with E-state index in [-0.39, 0.29) is 17.3 Å². The summed E-state index contributed by atoms with van der Waals surface area (Å²) in [5, 5.41) is 10.5. The van der Waals surface area contributed by atoms with E-state index >= 15 is 0 Å². The number of rotatable bonds is 4. The zero-order valence-electron chi connectivity index (χ0n) is 15.3. The van der Waals surface area contributed by atoms with Crippen molar-refractivity contribution in [3.05, 3.63) is 71.2 Å². The van der Waals surface area contributed by atoms with Gasteiger partial charge in [0.2, 0.25) is 5.95 Å². The SMILES string of the molecule is CC(C)C(=O)C1=C(O)C(=O)N(c2nc3ccccc3[nH]2)C1c1ccc(F)cc1. The standard InChI is InChI=1S/C21H18FN3O3/c1-11(2)18(26)16-17(12-7-9-13(22)10-8-12)25(20(28)19(16)27)21-23-14-5-3-4-6-15(14)24-21/h3-11,17,27H,1-2H3,(H,23,24). The molecule has 2 N–H and O–H groups in total. The quantitative estimate of drug-likeness (QED) is 0.721. The van der Waals surface area contributed by atoms with Gasteiger partial charge in [0.1, 0.15) is 5.82 Å². The molecule has 1 aromatic heterocycles. The number of ketones is 1. The van der Waals surface area contributed by atoms with Gasteiger partial charge in [0.15, 0.2) is 11.5 Å². The summed E-state index contributed by atoms with van der Waals surface area (Å²) in [5.41, 5.74) is 1.85. The molecule has 0 fully saturated rings. The van der Waals surface area contributed by atoms with Crippen molar-refractivity contribution in [3.8, 4) is 0 Å². The van der Waals surface area contributed by atoms with Crippen LogP contribution < -0.4 is 4.90 Å². The first-order valence-electron chi connectivity index (χ1n) is 8.89. The van der Waals surface area contributed by atoms with Crippen molar-refractivity contribution in [1.82, 2.24) is 9.97 Å². The van der Waals surface area contributed by atoms with Crippen molar-refractivity contribution in [1.29, 1.82) is 0 Å². The first-order valence-corrected chi connectivity index (χ1v) is 8.89. The minimum absolute atomic E-state index is 0.00735. The van der Waals surface area contributed by atoms with Crippen LogP contribution in [0.15, 0.2) is 59.9 Å². The topological polar surface area (TPSA) is 86.3 Å². The number of Topliss-reactive ketones (excluding diaryl/α,β-unsaturated/α-hetero) is 1. The number of imidazole rings is 1. The Morgan fingerprint density at radius 3 is 2.50 bits per heavy atom. The molecular weight excluding hydrogens is 361 g/mol. The van der Waals surface area contributed by atoms with E-state index in [1.54, 1.807) is 19.9 Å². The molecular formula is C21H18FN3O3. The van der Waals surface area contributed by atoms with E-state index in [1.165, 1.54) is 29.2 Å². The van der Waals surface area contributed by atoms with Crippen LogP contribution in [0, 0.1) is 11.7 Å². The fourth-order valence-electron chi connectivity index (χ4n) is 3.40. The number of aromatic nitrogens is 2. The number of hydrogen-bond donors (Lipinski definition) is 2. The van der Waals surface area contributed by atoms with Gasteiger partial charge in [-0.25, -0.2) is 9.37 Å². The molecule has 0 radical (unpaired) electrons. The molecule has 7 heteroatoms. The van der Waals surface area contributed by atoms with E-state index in [0.29, 0.717) is 16.6 Å². The number of fused-ring (bicyclic) bond motifs is 1. The molecule has 4 rings (SSSR count). The lowest BCUT2D eigenvalue weighted by atomic mass is 9.91. The van der Waals surface area contributed by atoms with Crippen LogP contribution >= 0.6 is 0 Å². The highest BCUT2D eigenvalue weighted by Gasteiger charge is 2.46. The number of nitrogens with one attached hydrogen (secondary N) is 1. The van der Waals surface area contributed by atoms with Crippen molar-refractivity contribution < 1.29 is 19.1 Å². The second-order valence-corrected chi connectivity index (χ2v) is 6.99. The summed E-state index contributed by atoms with van der Waals surface area (Å²) in [7, 11) is 0. The van der Waals surface area contributed by atoms with Crippen LogP contribution in [0.5, 0.6) is 0 Å². The second kappa shape index (κ2) is 6.60. The Labute approximate surface area is 160 Å². The number of hydrogen-bond acceptors (Lipinski definition) is 4. The van der Waals surface area contributed by atoms with Crippen molar-refractivity contribution >= 4 is 28.7 Å². The zero-order valence-corrected chi connectivity index (χ0v) is 15.3. The van der Waals surface area contributed by atoms with Gasteiger partial charge in [0.25, 0.3) is 5.91 Å². The van der Waals surface area contributed by atoms with E-state index in [0.717, 1.165) is 0 Å². The molecule has 1 atom stereocenters. The molecule has 0 bridgehead atoms. The molecule has 0 saturated carbocycles. The molecule has 1 aliphatic heterocycles. The van der Waals surface area contributed by atoms with Gasteiger partial charge in [0.05, 0.1) is 22.6 Å². The number of para-hydroxylation sites is 2. The highest BCUT2D eigenvalue weighted by Crippen LogP contribution is 2.41. The zero-order chi connectivity index (χ0) is 20.0. The van der Waals surface area contributed by atoms with Crippen molar-refractivity contribution in [3.63, 3.8) is 0 Å². The summed E-state index contributed by atoms with van der Waals surface area (Å²) in [6.45, 7) is 3.39. The number of benzene rings is 2. The van der Waals surface area contributed by atoms with E-state index in [1.807, 2.05) is 18.2 Å². The highest BCUT2D eigenvalue weighted by atomic mass is 19.1. The number of aliphatic hydroxyl groups is 1. The number of aromatic amines is 1. The Kier molecular flexibility index (Phi) is 4.22. The van der Waals surface area contributed by atoms with E-state index < -0.39 is 29.4 Å². The molecule has 1 aliphatic rings. The summed E-state index contributed by atoms with van der Waals surface area (Å²) in [6.07, 6.45) is 0. The Morgan fingerprint density at radius 2 is 1.86 bits per heavy atom. The van der Waals surface area contributed by atoms with Crippen LogP contribution in [-0.4, -0.2) is 26.8 Å². The van der Waals surface area contributed by atoms with E-state index in [4.69, 9.17) is 0 Å². The number of carbonyl (C=O) groups excluding carboxylic acids is 2. The largest absolute Gasteiger partial charge is 0.503 e. The Morgan fingerprint density at radius 1 is 1.18 bits per heavy atom. The van der Waals surface area contributed by atoms with Gasteiger partial charge >= 0.3 is 0 Å². The number of aliphatic hydroxyl groups excluding tert-OH is 1. The molecule has 0 aliphatic carbocycles. The van der Waals surface area contributed by atoms with Gasteiger partial charge in [-0.15, -0.1) is 0 Å². The molecule has 28 heavy (non-hydrogen) atoms. The molecule has 142 valence electrons. The van der Waals surface area contributed by atoms with E-state index in [2.05, 4.69) is 9.97 Å². The normalized spacial score (nSPS) is 17.2. The summed E-state index contributed by atoms with van der Waals surface area (Å²) in [5.74, 6) is -2.33. The lowest BCUT2D eigenvalue weighted by Crippen LogP contribution is -2.32. The first kappa shape index (κ1) is 17.9. The first-order chi connectivity index (χ1) is 13.4. The minimum Gasteiger partial charge on any atom is -0.503 e. The highest BCUT2D eigenvalue weighted by molar-refractivity contribution is 6.16. The molecule has 6 nitrogen and oxygen atoms in total. The lowest BCUT2D eigenvalue weighted by Gasteiger charge is -2.25. The molecule has 1 unspecified atom stereocenters. The maximum atomic E-state index is 13.4. The molecule has 3 aromatic rings. The average Bonchev–Trinajstić information content (AvgIpc) is 3.21. The molecule has 0 spiro atoms. The van der Waals surface area contributed by atoms with Gasteiger partial charge in [-0.3, -0.25) is 14.5 Å². The van der Waals surface area contributed by atoms with E-state index in [9.17, 15) is 19.1 Å². The lowest BCUT2D eigenvalue weighted by molar-refractivity contribution is -0.119. The molecule has 1 amide bonds. The number of H-pyrrole nitrogens is 1. The predicted molar refractivity (Wildman–Crippen MR) is 102 cm³/mol. The fraction of sp³-hybridized carbons (Fsp3) is 0.190. The number of halogens is 1. The van der Waals surface area contributed by atoms with Crippen LogP contribution in [0.4, 0.5) is 10.3 Å². The Balaban J connectivity index is 1.90. The van der Waals surface area contributed by atoms with Crippen molar-refractivity contribution in [2.75, 3.05) is 4.90 Å². The van der Waals surface area contributed by atoms with Crippen molar-refractivity contribution in [2.24, 2.45) is 5.92 Å². The average molecular weight is 379 g/mol. The Bertz CT molecular complexity index is 1080. The van der Waals surface area contributed by atoms with Gasteiger partial charge in [-0.2, -0.15) is 0 Å². The minimum atomic E-state index is -0.899. The third-order valence-electron chi connectivity index (χ3n) is 4.79. The monoisotopic (exact) mass is 379 g/mol. The Hall–Kier alpha value is -3.48. The maximum absolute atomic E-state index is 13.4. The third kappa shape index (κ3) is 2.76. The summed E-state index contributed by atoms with van der Waals surface area (Å²) in [4.78, 5) is 34.4. The number of nitrogens with zero attached hydrogens (tertiary/aromatic N) is 2. The summed E-state index contributed by atoms with van der Waals surface area (Å²) in [6, 6.07) is 11.8. The van der Waals surface area contributed by atoms with Gasteiger partial charge < -0.3 is 10.1 Å². The van der Waals surface area contributed by atoms with Crippen LogP contribution in [0.3, 0.4) is 0 Å². The summed E-state index contributed by atoms with van der Waals surface area (Å²) >= 11 is 0. The second-order valence-electron chi connectivity index (χ2n) is 6.99. The summed E-state index contributed by atoms with van der Waals surface area (Å²) < 4.78 is 13.4. The fourth-order valence-corrected chi connectivity index (χ4v) is 3.40. The number of amides is 1. The maximum Gasteiger partial charge on any atom is 0.296 e. The predicted octanol–water partition coefficient (Wildman–Crippen LogP) is 3.83. The molecule has 2 heterocycles. The van der Waals surface area contributed by atoms with Gasteiger partial charge in [0, 0.05) is 5.92 Å². The number of anilines is 1. The van der Waals surface area contributed by atoms with Crippen LogP contribution in [0.2, 0.25) is 0 Å². The van der Waals surface area contributed by atoms with Crippen LogP contribution in [-0.2, 0) is 9.59 Å².